The number of carbonyl (C=O) groups excluding carboxylic acids is 2. The number of hydrogen-bond donors (Lipinski definition) is 1. The van der Waals surface area contributed by atoms with Crippen LogP contribution in [0.2, 0.25) is 10.0 Å². The summed E-state index contributed by atoms with van der Waals surface area (Å²) in [7, 11) is 3.98. The fourth-order valence-corrected chi connectivity index (χ4v) is 2.50. The van der Waals surface area contributed by atoms with E-state index in [2.05, 4.69) is 10.2 Å². The van der Waals surface area contributed by atoms with Crippen LogP contribution in [-0.4, -0.2) is 55.3 Å². The Morgan fingerprint density at radius 3 is 2.39 bits per heavy atom. The van der Waals surface area contributed by atoms with E-state index >= 15 is 0 Å². The normalized spacial score (nSPS) is 10.7. The van der Waals surface area contributed by atoms with Crippen LogP contribution in [0.25, 0.3) is 0 Å². The van der Waals surface area contributed by atoms with Gasteiger partial charge >= 0.3 is 0 Å². The summed E-state index contributed by atoms with van der Waals surface area (Å²) < 4.78 is 0. The van der Waals surface area contributed by atoms with Crippen LogP contribution in [0, 0.1) is 0 Å². The zero-order valence-corrected chi connectivity index (χ0v) is 15.2. The lowest BCUT2D eigenvalue weighted by atomic mass is 10.2. The van der Waals surface area contributed by atoms with Crippen molar-refractivity contribution in [3.8, 4) is 0 Å². The van der Waals surface area contributed by atoms with Gasteiger partial charge in [0.25, 0.3) is 0 Å². The van der Waals surface area contributed by atoms with E-state index < -0.39 is 0 Å². The van der Waals surface area contributed by atoms with Crippen molar-refractivity contribution in [1.29, 1.82) is 0 Å². The van der Waals surface area contributed by atoms with E-state index in [4.69, 9.17) is 23.2 Å². The van der Waals surface area contributed by atoms with Crippen LogP contribution in [0.15, 0.2) is 18.2 Å². The molecule has 1 rings (SSSR count). The molecule has 1 aromatic carbocycles. The molecule has 0 unspecified atom stereocenters. The Bertz CT molecular complexity index is 550. The van der Waals surface area contributed by atoms with Gasteiger partial charge in [-0.15, -0.1) is 0 Å². The quantitative estimate of drug-likeness (QED) is 0.775. The molecule has 0 saturated heterocycles. The minimum atomic E-state index is -0.187. The number of hydrogen-bond acceptors (Lipinski definition) is 3. The zero-order valence-electron chi connectivity index (χ0n) is 13.7. The van der Waals surface area contributed by atoms with Crippen LogP contribution in [0.3, 0.4) is 0 Å². The predicted molar refractivity (Wildman–Crippen MR) is 95.1 cm³/mol. The number of nitrogens with zero attached hydrogens (tertiary/aromatic N) is 2. The predicted octanol–water partition coefficient (Wildman–Crippen LogP) is 3.12. The molecule has 0 saturated carbocycles. The van der Waals surface area contributed by atoms with Crippen LogP contribution < -0.4 is 5.32 Å². The molecule has 1 aromatic rings. The summed E-state index contributed by atoms with van der Waals surface area (Å²) in [6.07, 6.45) is 1.09. The molecule has 0 radical (unpaired) electrons. The molecule has 7 heteroatoms. The zero-order chi connectivity index (χ0) is 17.4. The number of halogens is 2. The third kappa shape index (κ3) is 7.68. The van der Waals surface area contributed by atoms with Gasteiger partial charge in [0.15, 0.2) is 0 Å². The molecule has 128 valence electrons. The van der Waals surface area contributed by atoms with Crippen LogP contribution in [-0.2, 0) is 9.59 Å². The van der Waals surface area contributed by atoms with Crippen molar-refractivity contribution in [2.24, 2.45) is 0 Å². The van der Waals surface area contributed by atoms with Gasteiger partial charge in [-0.05, 0) is 45.3 Å². The number of amides is 2. The van der Waals surface area contributed by atoms with Crippen LogP contribution >= 0.6 is 23.2 Å². The first-order chi connectivity index (χ1) is 10.8. The van der Waals surface area contributed by atoms with E-state index in [-0.39, 0.29) is 18.2 Å². The monoisotopic (exact) mass is 359 g/mol. The fourth-order valence-electron chi connectivity index (χ4n) is 2.04. The number of benzene rings is 1. The molecule has 5 nitrogen and oxygen atoms in total. The Kier molecular flexibility index (Phi) is 8.37. The summed E-state index contributed by atoms with van der Waals surface area (Å²) in [5.41, 5.74) is 0.517. The maximum absolute atomic E-state index is 12.0. The first-order valence-corrected chi connectivity index (χ1v) is 8.20. The Labute approximate surface area is 147 Å². The second kappa shape index (κ2) is 9.75. The van der Waals surface area contributed by atoms with Gasteiger partial charge in [-0.1, -0.05) is 23.2 Å². The molecule has 0 aliphatic rings. The Hall–Kier alpha value is -1.30. The molecule has 0 spiro atoms. The molecule has 1 N–H and O–H groups in total. The molecule has 0 atom stereocenters. The Balaban J connectivity index is 2.47. The fraction of sp³-hybridized carbons (Fsp3) is 0.500. The van der Waals surface area contributed by atoms with E-state index in [1.54, 1.807) is 23.1 Å². The molecular weight excluding hydrogens is 337 g/mol. The van der Waals surface area contributed by atoms with Gasteiger partial charge in [0.1, 0.15) is 0 Å². The number of rotatable bonds is 8. The highest BCUT2D eigenvalue weighted by molar-refractivity contribution is 6.36. The van der Waals surface area contributed by atoms with Crippen LogP contribution in [0.1, 0.15) is 19.8 Å². The second-order valence-electron chi connectivity index (χ2n) is 5.59. The molecule has 2 amide bonds. The van der Waals surface area contributed by atoms with Crippen molar-refractivity contribution in [3.05, 3.63) is 28.2 Å². The van der Waals surface area contributed by atoms with Gasteiger partial charge in [-0.3, -0.25) is 9.59 Å². The Morgan fingerprint density at radius 2 is 1.83 bits per heavy atom. The second-order valence-corrected chi connectivity index (χ2v) is 6.43. The van der Waals surface area contributed by atoms with Crippen molar-refractivity contribution in [2.45, 2.75) is 19.8 Å². The summed E-state index contributed by atoms with van der Waals surface area (Å²) in [4.78, 5) is 27.4. The summed E-state index contributed by atoms with van der Waals surface area (Å²) in [6, 6.07) is 4.89. The minimum Gasteiger partial charge on any atom is -0.342 e. The first-order valence-electron chi connectivity index (χ1n) is 7.44. The molecule has 0 aromatic heterocycles. The van der Waals surface area contributed by atoms with E-state index in [1.807, 2.05) is 14.1 Å². The van der Waals surface area contributed by atoms with Crippen LogP contribution in [0.5, 0.6) is 0 Å². The molecule has 0 aliphatic carbocycles. The largest absolute Gasteiger partial charge is 0.342 e. The summed E-state index contributed by atoms with van der Waals surface area (Å²) in [5, 5.41) is 3.63. The smallest absolute Gasteiger partial charge is 0.226 e. The third-order valence-electron chi connectivity index (χ3n) is 3.29. The Morgan fingerprint density at radius 1 is 1.13 bits per heavy atom. The average molecular weight is 360 g/mol. The highest BCUT2D eigenvalue weighted by Crippen LogP contribution is 2.25. The van der Waals surface area contributed by atoms with E-state index in [1.165, 1.54) is 6.92 Å². The molecule has 23 heavy (non-hydrogen) atoms. The van der Waals surface area contributed by atoms with Gasteiger partial charge in [0.05, 0.1) is 10.7 Å². The average Bonchev–Trinajstić information content (AvgIpc) is 2.45. The van der Waals surface area contributed by atoms with Crippen LogP contribution in [0.4, 0.5) is 5.69 Å². The molecule has 0 heterocycles. The van der Waals surface area contributed by atoms with Gasteiger partial charge in [0.2, 0.25) is 11.8 Å². The van der Waals surface area contributed by atoms with Crippen molar-refractivity contribution >= 4 is 40.7 Å². The summed E-state index contributed by atoms with van der Waals surface area (Å²) in [6.45, 7) is 3.45. The lowest BCUT2D eigenvalue weighted by Gasteiger charge is -2.21. The third-order valence-corrected chi connectivity index (χ3v) is 3.84. The molecule has 0 fully saturated rings. The SMILES string of the molecule is CC(=O)N(CCCN(C)C)CCC(=O)Nc1ccc(Cl)cc1Cl. The standard InChI is InChI=1S/C16H23Cl2N3O2/c1-12(22)21(9-4-8-20(2)3)10-7-16(23)19-15-6-5-13(17)11-14(15)18/h5-6,11H,4,7-10H2,1-3H3,(H,19,23). The number of carbonyl (C=O) groups is 2. The molecular formula is C16H23Cl2N3O2. The van der Waals surface area contributed by atoms with Gasteiger partial charge in [0, 0.05) is 31.5 Å². The highest BCUT2D eigenvalue weighted by atomic mass is 35.5. The lowest BCUT2D eigenvalue weighted by molar-refractivity contribution is -0.129. The first kappa shape index (κ1) is 19.7. The highest BCUT2D eigenvalue weighted by Gasteiger charge is 2.12. The molecule has 0 aliphatic heterocycles. The summed E-state index contributed by atoms with van der Waals surface area (Å²) in [5.74, 6) is -0.214. The number of anilines is 1. The van der Waals surface area contributed by atoms with Crippen molar-refractivity contribution in [2.75, 3.05) is 39.0 Å². The molecule has 0 bridgehead atoms. The lowest BCUT2D eigenvalue weighted by Crippen LogP contribution is -2.34. The van der Waals surface area contributed by atoms with E-state index in [9.17, 15) is 9.59 Å². The minimum absolute atomic E-state index is 0.0268. The van der Waals surface area contributed by atoms with Gasteiger partial charge in [-0.2, -0.15) is 0 Å². The van der Waals surface area contributed by atoms with Gasteiger partial charge < -0.3 is 15.1 Å². The van der Waals surface area contributed by atoms with Crippen molar-refractivity contribution < 1.29 is 9.59 Å². The summed E-state index contributed by atoms with van der Waals surface area (Å²) >= 11 is 11.8. The van der Waals surface area contributed by atoms with Crippen molar-refractivity contribution in [3.63, 3.8) is 0 Å². The topological polar surface area (TPSA) is 52.7 Å². The van der Waals surface area contributed by atoms with Gasteiger partial charge in [-0.25, -0.2) is 0 Å². The maximum atomic E-state index is 12.0. The van der Waals surface area contributed by atoms with E-state index in [0.717, 1.165) is 13.0 Å². The number of nitrogens with one attached hydrogen (secondary N) is 1. The maximum Gasteiger partial charge on any atom is 0.226 e. The van der Waals surface area contributed by atoms with Crippen molar-refractivity contribution in [1.82, 2.24) is 9.80 Å². The van der Waals surface area contributed by atoms with E-state index in [0.29, 0.717) is 28.8 Å².